The molecule has 3 heteroatoms. The highest BCUT2D eigenvalue weighted by atomic mass is 19.1. The lowest BCUT2D eigenvalue weighted by Gasteiger charge is -2.17. The Kier molecular flexibility index (Phi) is 3.70. The third kappa shape index (κ3) is 2.54. The number of para-hydroxylation sites is 1. The Morgan fingerprint density at radius 1 is 1.05 bits per heavy atom. The van der Waals surface area contributed by atoms with Crippen molar-refractivity contribution in [2.24, 2.45) is 0 Å². The van der Waals surface area contributed by atoms with Gasteiger partial charge in [-0.25, -0.2) is 4.39 Å². The topological polar surface area (TPSA) is 29.5 Å². The van der Waals surface area contributed by atoms with Crippen molar-refractivity contribution in [1.82, 2.24) is 0 Å². The van der Waals surface area contributed by atoms with Gasteiger partial charge in [0.2, 0.25) is 0 Å². The number of aryl methyl sites for hydroxylation is 2. The fraction of sp³-hybridized carbons (Fsp3) is 0.294. The third-order valence-electron chi connectivity index (χ3n) is 3.76. The Bertz CT molecular complexity index is 622. The number of hydrogen-bond donors (Lipinski definition) is 1. The number of rotatable bonds is 3. The van der Waals surface area contributed by atoms with Crippen LogP contribution in [0, 0.1) is 5.82 Å². The maximum atomic E-state index is 13.8. The van der Waals surface area contributed by atoms with Gasteiger partial charge >= 0.3 is 0 Å². The summed E-state index contributed by atoms with van der Waals surface area (Å²) >= 11 is 0. The lowest BCUT2D eigenvalue weighted by molar-refractivity contribution is 0.274. The molecule has 1 N–H and O–H groups in total. The van der Waals surface area contributed by atoms with E-state index in [1.165, 1.54) is 30.0 Å². The van der Waals surface area contributed by atoms with Crippen LogP contribution in [0.4, 0.5) is 4.39 Å². The number of benzene rings is 2. The van der Waals surface area contributed by atoms with E-state index in [4.69, 9.17) is 4.74 Å². The second-order valence-corrected chi connectivity index (χ2v) is 5.13. The summed E-state index contributed by atoms with van der Waals surface area (Å²) in [7, 11) is 0. The summed E-state index contributed by atoms with van der Waals surface area (Å²) in [5, 5.41) is 9.27. The van der Waals surface area contributed by atoms with E-state index < -0.39 is 5.82 Å². The van der Waals surface area contributed by atoms with E-state index in [0.29, 0.717) is 11.3 Å². The van der Waals surface area contributed by atoms with Crippen molar-refractivity contribution < 1.29 is 14.2 Å². The Morgan fingerprint density at radius 3 is 2.65 bits per heavy atom. The third-order valence-corrected chi connectivity index (χ3v) is 3.76. The summed E-state index contributed by atoms with van der Waals surface area (Å²) < 4.78 is 19.5. The molecular formula is C17H17FO2. The molecule has 0 heterocycles. The highest BCUT2D eigenvalue weighted by Gasteiger charge is 2.13. The van der Waals surface area contributed by atoms with Gasteiger partial charge in [-0.15, -0.1) is 0 Å². The fourth-order valence-corrected chi connectivity index (χ4v) is 2.68. The molecule has 0 unspecified atom stereocenters. The van der Waals surface area contributed by atoms with Crippen molar-refractivity contribution in [2.45, 2.75) is 32.3 Å². The summed E-state index contributed by atoms with van der Waals surface area (Å²) in [5.41, 5.74) is 3.11. The summed E-state index contributed by atoms with van der Waals surface area (Å²) in [6, 6.07) is 10.5. The average molecular weight is 272 g/mol. The van der Waals surface area contributed by atoms with E-state index in [2.05, 4.69) is 6.07 Å². The molecule has 2 aromatic rings. The van der Waals surface area contributed by atoms with Crippen LogP contribution in [-0.2, 0) is 19.4 Å². The lowest BCUT2D eigenvalue weighted by atomic mass is 9.92. The average Bonchev–Trinajstić information content (AvgIpc) is 2.49. The molecule has 2 nitrogen and oxygen atoms in total. The van der Waals surface area contributed by atoms with Crippen molar-refractivity contribution in [1.29, 1.82) is 0 Å². The number of aliphatic hydroxyl groups is 1. The van der Waals surface area contributed by atoms with Crippen molar-refractivity contribution in [2.75, 3.05) is 0 Å². The monoisotopic (exact) mass is 272 g/mol. The molecule has 2 aromatic carbocycles. The molecule has 0 fully saturated rings. The van der Waals surface area contributed by atoms with Crippen LogP contribution in [0.3, 0.4) is 0 Å². The zero-order valence-corrected chi connectivity index (χ0v) is 11.2. The zero-order valence-electron chi connectivity index (χ0n) is 11.2. The van der Waals surface area contributed by atoms with Gasteiger partial charge in [0.15, 0.2) is 11.6 Å². The molecule has 0 bridgehead atoms. The van der Waals surface area contributed by atoms with E-state index in [0.717, 1.165) is 12.8 Å². The number of hydrogen-bond acceptors (Lipinski definition) is 2. The van der Waals surface area contributed by atoms with Gasteiger partial charge in [0.1, 0.15) is 5.75 Å². The second-order valence-electron chi connectivity index (χ2n) is 5.13. The van der Waals surface area contributed by atoms with Gasteiger partial charge in [0, 0.05) is 5.56 Å². The predicted octanol–water partition coefficient (Wildman–Crippen LogP) is 3.99. The normalized spacial score (nSPS) is 13.9. The first-order valence-electron chi connectivity index (χ1n) is 6.96. The van der Waals surface area contributed by atoms with Crippen LogP contribution in [-0.4, -0.2) is 5.11 Å². The highest BCUT2D eigenvalue weighted by molar-refractivity contribution is 5.42. The van der Waals surface area contributed by atoms with Crippen molar-refractivity contribution >= 4 is 0 Å². The van der Waals surface area contributed by atoms with Gasteiger partial charge in [-0.05, 0) is 55.0 Å². The van der Waals surface area contributed by atoms with Crippen LogP contribution >= 0.6 is 0 Å². The molecule has 1 aliphatic carbocycles. The van der Waals surface area contributed by atoms with E-state index in [1.54, 1.807) is 12.1 Å². The summed E-state index contributed by atoms with van der Waals surface area (Å²) in [4.78, 5) is 0. The van der Waals surface area contributed by atoms with Crippen LogP contribution in [0.5, 0.6) is 11.5 Å². The Morgan fingerprint density at radius 2 is 1.85 bits per heavy atom. The van der Waals surface area contributed by atoms with Gasteiger partial charge < -0.3 is 9.84 Å². The first-order chi connectivity index (χ1) is 9.78. The molecule has 0 aromatic heterocycles. The first-order valence-corrected chi connectivity index (χ1v) is 6.96. The molecule has 0 spiro atoms. The molecule has 0 atom stereocenters. The zero-order chi connectivity index (χ0) is 13.9. The minimum Gasteiger partial charge on any atom is -0.454 e. The molecule has 0 saturated carbocycles. The van der Waals surface area contributed by atoms with Gasteiger partial charge in [0.25, 0.3) is 0 Å². The van der Waals surface area contributed by atoms with Crippen LogP contribution in [0.1, 0.15) is 29.5 Å². The van der Waals surface area contributed by atoms with Crippen molar-refractivity contribution in [3.63, 3.8) is 0 Å². The molecule has 0 saturated heterocycles. The van der Waals surface area contributed by atoms with Crippen LogP contribution < -0.4 is 4.74 Å². The number of aliphatic hydroxyl groups excluding tert-OH is 1. The number of ether oxygens (including phenoxy) is 1. The largest absolute Gasteiger partial charge is 0.454 e. The van der Waals surface area contributed by atoms with Crippen LogP contribution in [0.15, 0.2) is 36.4 Å². The molecule has 1 aliphatic rings. The molecule has 0 aliphatic heterocycles. The minimum atomic E-state index is -0.450. The molecule has 0 radical (unpaired) electrons. The molecular weight excluding hydrogens is 255 g/mol. The molecule has 0 amide bonds. The predicted molar refractivity (Wildman–Crippen MR) is 75.5 cm³/mol. The summed E-state index contributed by atoms with van der Waals surface area (Å²) in [5.74, 6) is 0.297. The summed E-state index contributed by atoms with van der Waals surface area (Å²) in [6.45, 7) is -0.238. The van der Waals surface area contributed by atoms with Crippen LogP contribution in [0.25, 0.3) is 0 Å². The first kappa shape index (κ1) is 13.1. The maximum Gasteiger partial charge on any atom is 0.168 e. The van der Waals surface area contributed by atoms with Gasteiger partial charge in [-0.3, -0.25) is 0 Å². The van der Waals surface area contributed by atoms with Gasteiger partial charge in [0.05, 0.1) is 6.61 Å². The Labute approximate surface area is 117 Å². The lowest BCUT2D eigenvalue weighted by Crippen LogP contribution is -2.03. The second kappa shape index (κ2) is 5.63. The number of halogens is 1. The number of fused-ring (bicyclic) bond motifs is 1. The van der Waals surface area contributed by atoms with Crippen molar-refractivity contribution in [3.05, 3.63) is 58.9 Å². The van der Waals surface area contributed by atoms with Gasteiger partial charge in [-0.2, -0.15) is 0 Å². The molecule has 104 valence electrons. The highest BCUT2D eigenvalue weighted by Crippen LogP contribution is 2.31. The quantitative estimate of drug-likeness (QED) is 0.915. The van der Waals surface area contributed by atoms with Crippen LogP contribution in [0.2, 0.25) is 0 Å². The van der Waals surface area contributed by atoms with E-state index in [9.17, 15) is 9.50 Å². The standard InChI is InChI=1S/C17H17FO2/c18-16-7-3-6-14(11-19)17(16)20-15-9-8-12-4-1-2-5-13(12)10-15/h3,6-10,19H,1-2,4-5,11H2. The van der Waals surface area contributed by atoms with E-state index >= 15 is 0 Å². The summed E-state index contributed by atoms with van der Waals surface area (Å²) in [6.07, 6.45) is 4.58. The molecule has 20 heavy (non-hydrogen) atoms. The SMILES string of the molecule is OCc1cccc(F)c1Oc1ccc2c(c1)CCCC2. The fourth-order valence-electron chi connectivity index (χ4n) is 2.68. The van der Waals surface area contributed by atoms with Crippen molar-refractivity contribution in [3.8, 4) is 11.5 Å². The minimum absolute atomic E-state index is 0.116. The van der Waals surface area contributed by atoms with E-state index in [-0.39, 0.29) is 12.4 Å². The molecule has 3 rings (SSSR count). The maximum absolute atomic E-state index is 13.8. The Balaban J connectivity index is 1.92. The smallest absolute Gasteiger partial charge is 0.168 e. The Hall–Kier alpha value is -1.87. The van der Waals surface area contributed by atoms with E-state index in [1.807, 2.05) is 12.1 Å². The van der Waals surface area contributed by atoms with Gasteiger partial charge in [-0.1, -0.05) is 18.2 Å².